The highest BCUT2D eigenvalue weighted by Gasteiger charge is 2.31. The predicted octanol–water partition coefficient (Wildman–Crippen LogP) is 3.55. The van der Waals surface area contributed by atoms with Gasteiger partial charge in [-0.15, -0.1) is 0 Å². The Morgan fingerprint density at radius 1 is 1.00 bits per heavy atom. The van der Waals surface area contributed by atoms with Gasteiger partial charge in [-0.05, 0) is 30.2 Å². The number of hydrogen-bond acceptors (Lipinski definition) is 4. The van der Waals surface area contributed by atoms with Crippen LogP contribution in [0.3, 0.4) is 0 Å². The van der Waals surface area contributed by atoms with Crippen LogP contribution < -0.4 is 10.2 Å². The molecule has 8 heteroatoms. The standard InChI is InChI=1S/C23H28F3N3O2/c24-23(25,26)20-8-4-9-21(16-20)29-13-11-28(12-14-29)17-22(30)27-10-5-15-31-18-19-6-2-1-3-7-19/h1-4,6-9,16H,5,10-15,17-18H2,(H,27,30). The molecule has 2 aromatic rings. The van der Waals surface area contributed by atoms with Gasteiger partial charge in [-0.3, -0.25) is 9.69 Å². The topological polar surface area (TPSA) is 44.8 Å². The van der Waals surface area contributed by atoms with Crippen LogP contribution in [0.15, 0.2) is 54.6 Å². The minimum absolute atomic E-state index is 0.0458. The maximum Gasteiger partial charge on any atom is 0.416 e. The van der Waals surface area contributed by atoms with Crippen molar-refractivity contribution in [1.29, 1.82) is 0 Å². The largest absolute Gasteiger partial charge is 0.416 e. The Bertz CT molecular complexity index is 822. The molecule has 1 N–H and O–H groups in total. The number of carbonyl (C=O) groups excluding carboxylic acids is 1. The van der Waals surface area contributed by atoms with Gasteiger partial charge in [0, 0.05) is 45.0 Å². The zero-order chi connectivity index (χ0) is 22.1. The molecule has 0 unspecified atom stereocenters. The van der Waals surface area contributed by atoms with E-state index in [1.807, 2.05) is 40.1 Å². The minimum Gasteiger partial charge on any atom is -0.377 e. The lowest BCUT2D eigenvalue weighted by molar-refractivity contribution is -0.137. The third kappa shape index (κ3) is 7.56. The number of alkyl halides is 3. The lowest BCUT2D eigenvalue weighted by Gasteiger charge is -2.36. The van der Waals surface area contributed by atoms with Gasteiger partial charge >= 0.3 is 6.18 Å². The van der Waals surface area contributed by atoms with Crippen molar-refractivity contribution in [3.63, 3.8) is 0 Å². The molecule has 3 rings (SSSR count). The van der Waals surface area contributed by atoms with Gasteiger partial charge in [-0.1, -0.05) is 36.4 Å². The number of rotatable bonds is 9. The number of amides is 1. The molecule has 5 nitrogen and oxygen atoms in total. The normalized spacial score (nSPS) is 15.1. The Morgan fingerprint density at radius 2 is 1.74 bits per heavy atom. The molecule has 1 heterocycles. The summed E-state index contributed by atoms with van der Waals surface area (Å²) in [5.41, 5.74) is 1.05. The maximum atomic E-state index is 12.9. The summed E-state index contributed by atoms with van der Waals surface area (Å²) in [4.78, 5) is 16.1. The number of ether oxygens (including phenoxy) is 1. The summed E-state index contributed by atoms with van der Waals surface area (Å²) in [7, 11) is 0. The number of nitrogens with zero attached hydrogens (tertiary/aromatic N) is 2. The molecule has 0 saturated carbocycles. The van der Waals surface area contributed by atoms with Gasteiger partial charge in [-0.25, -0.2) is 0 Å². The van der Waals surface area contributed by atoms with Crippen LogP contribution in [0.25, 0.3) is 0 Å². The molecule has 0 bridgehead atoms. The van der Waals surface area contributed by atoms with E-state index in [9.17, 15) is 18.0 Å². The summed E-state index contributed by atoms with van der Waals surface area (Å²) < 4.78 is 44.3. The first-order valence-corrected chi connectivity index (χ1v) is 10.4. The molecule has 1 saturated heterocycles. The molecule has 0 radical (unpaired) electrons. The number of anilines is 1. The second-order valence-electron chi connectivity index (χ2n) is 7.55. The second-order valence-corrected chi connectivity index (χ2v) is 7.55. The van der Waals surface area contributed by atoms with Gasteiger partial charge in [0.2, 0.25) is 5.91 Å². The molecule has 0 aliphatic carbocycles. The van der Waals surface area contributed by atoms with Crippen LogP contribution in [0.4, 0.5) is 18.9 Å². The molecule has 1 amide bonds. The number of piperazine rings is 1. The lowest BCUT2D eigenvalue weighted by atomic mass is 10.1. The van der Waals surface area contributed by atoms with E-state index in [0.29, 0.717) is 58.2 Å². The van der Waals surface area contributed by atoms with E-state index in [1.165, 1.54) is 12.1 Å². The van der Waals surface area contributed by atoms with Crippen molar-refractivity contribution in [3.8, 4) is 0 Å². The number of carbonyl (C=O) groups is 1. The lowest BCUT2D eigenvalue weighted by Crippen LogP contribution is -2.49. The van der Waals surface area contributed by atoms with E-state index in [0.717, 1.165) is 18.1 Å². The molecule has 1 aliphatic rings. The van der Waals surface area contributed by atoms with Crippen molar-refractivity contribution >= 4 is 11.6 Å². The van der Waals surface area contributed by atoms with Crippen LogP contribution in [0.1, 0.15) is 17.5 Å². The number of nitrogens with one attached hydrogen (secondary N) is 1. The zero-order valence-electron chi connectivity index (χ0n) is 17.4. The molecule has 0 aromatic heterocycles. The van der Waals surface area contributed by atoms with Gasteiger partial charge in [0.05, 0.1) is 18.7 Å². The Kier molecular flexibility index (Phi) is 8.31. The van der Waals surface area contributed by atoms with E-state index in [1.54, 1.807) is 6.07 Å². The highest BCUT2D eigenvalue weighted by molar-refractivity contribution is 5.78. The van der Waals surface area contributed by atoms with Crippen molar-refractivity contribution < 1.29 is 22.7 Å². The summed E-state index contributed by atoms with van der Waals surface area (Å²) in [6.07, 6.45) is -3.61. The maximum absolute atomic E-state index is 12.9. The van der Waals surface area contributed by atoms with Crippen molar-refractivity contribution in [2.45, 2.75) is 19.2 Å². The molecule has 168 valence electrons. The van der Waals surface area contributed by atoms with Crippen molar-refractivity contribution in [2.24, 2.45) is 0 Å². The molecule has 1 fully saturated rings. The van der Waals surface area contributed by atoms with Crippen LogP contribution in [-0.4, -0.2) is 56.7 Å². The summed E-state index contributed by atoms with van der Waals surface area (Å²) in [6.45, 7) is 4.41. The average Bonchev–Trinajstić information content (AvgIpc) is 2.77. The van der Waals surface area contributed by atoms with Gasteiger partial charge in [-0.2, -0.15) is 13.2 Å². The Labute approximate surface area is 180 Å². The first-order chi connectivity index (χ1) is 14.9. The number of hydrogen-bond donors (Lipinski definition) is 1. The summed E-state index contributed by atoms with van der Waals surface area (Å²) in [6, 6.07) is 15.3. The highest BCUT2D eigenvalue weighted by Crippen LogP contribution is 2.31. The first kappa shape index (κ1) is 23.1. The first-order valence-electron chi connectivity index (χ1n) is 10.4. The average molecular weight is 435 g/mol. The smallest absolute Gasteiger partial charge is 0.377 e. The van der Waals surface area contributed by atoms with Crippen LogP contribution in [0.2, 0.25) is 0 Å². The van der Waals surface area contributed by atoms with Crippen LogP contribution in [-0.2, 0) is 22.3 Å². The Balaban J connectivity index is 1.30. The molecule has 31 heavy (non-hydrogen) atoms. The Morgan fingerprint density at radius 3 is 2.45 bits per heavy atom. The minimum atomic E-state index is -4.34. The fourth-order valence-corrected chi connectivity index (χ4v) is 3.47. The molecular weight excluding hydrogens is 407 g/mol. The number of halogens is 3. The summed E-state index contributed by atoms with van der Waals surface area (Å²) in [5, 5.41) is 2.90. The van der Waals surface area contributed by atoms with E-state index in [4.69, 9.17) is 4.74 Å². The number of benzene rings is 2. The monoisotopic (exact) mass is 435 g/mol. The van der Waals surface area contributed by atoms with Gasteiger partial charge in [0.15, 0.2) is 0 Å². The zero-order valence-corrected chi connectivity index (χ0v) is 17.4. The van der Waals surface area contributed by atoms with Gasteiger partial charge in [0.1, 0.15) is 0 Å². The predicted molar refractivity (Wildman–Crippen MR) is 114 cm³/mol. The third-order valence-corrected chi connectivity index (χ3v) is 5.18. The third-order valence-electron chi connectivity index (χ3n) is 5.18. The van der Waals surface area contributed by atoms with Crippen molar-refractivity contribution in [2.75, 3.05) is 50.8 Å². The van der Waals surface area contributed by atoms with Crippen LogP contribution >= 0.6 is 0 Å². The van der Waals surface area contributed by atoms with Crippen LogP contribution in [0.5, 0.6) is 0 Å². The van der Waals surface area contributed by atoms with Gasteiger partial charge in [0.25, 0.3) is 0 Å². The molecule has 0 atom stereocenters. The SMILES string of the molecule is O=C(CN1CCN(c2cccc(C(F)(F)F)c2)CC1)NCCCOCc1ccccc1. The van der Waals surface area contributed by atoms with Crippen molar-refractivity contribution in [1.82, 2.24) is 10.2 Å². The fourth-order valence-electron chi connectivity index (χ4n) is 3.47. The summed E-state index contributed by atoms with van der Waals surface area (Å²) >= 11 is 0. The molecular formula is C23H28F3N3O2. The van der Waals surface area contributed by atoms with E-state index in [2.05, 4.69) is 5.32 Å². The van der Waals surface area contributed by atoms with Gasteiger partial charge < -0.3 is 15.0 Å². The van der Waals surface area contributed by atoms with E-state index < -0.39 is 11.7 Å². The Hall–Kier alpha value is -2.58. The molecule has 1 aliphatic heterocycles. The second kappa shape index (κ2) is 11.2. The molecule has 2 aromatic carbocycles. The highest BCUT2D eigenvalue weighted by atomic mass is 19.4. The quantitative estimate of drug-likeness (QED) is 0.612. The molecule has 0 spiro atoms. The van der Waals surface area contributed by atoms with Crippen LogP contribution in [0, 0.1) is 0 Å². The van der Waals surface area contributed by atoms with E-state index >= 15 is 0 Å². The van der Waals surface area contributed by atoms with E-state index in [-0.39, 0.29) is 5.91 Å². The van der Waals surface area contributed by atoms with Crippen molar-refractivity contribution in [3.05, 3.63) is 65.7 Å². The fraction of sp³-hybridized carbons (Fsp3) is 0.435. The summed E-state index contributed by atoms with van der Waals surface area (Å²) in [5.74, 6) is -0.0458.